The number of halogens is 1. The van der Waals surface area contributed by atoms with Crippen molar-refractivity contribution in [3.8, 4) is 0 Å². The highest BCUT2D eigenvalue weighted by atomic mass is 35.5. The normalized spacial score (nSPS) is 12.9. The fourth-order valence-electron chi connectivity index (χ4n) is 2.10. The molecule has 7 heteroatoms. The number of aromatic nitrogens is 4. The molecule has 104 valence electrons. The van der Waals surface area contributed by atoms with Gasteiger partial charge in [0.2, 0.25) is 0 Å². The van der Waals surface area contributed by atoms with Crippen molar-refractivity contribution in [2.45, 2.75) is 25.8 Å². The van der Waals surface area contributed by atoms with E-state index in [0.29, 0.717) is 6.42 Å². The fraction of sp³-hybridized carbons (Fsp3) is 0.500. The zero-order chi connectivity index (χ0) is 14.0. The van der Waals surface area contributed by atoms with Gasteiger partial charge < -0.3 is 0 Å². The molecule has 0 amide bonds. The Morgan fingerprint density at radius 3 is 2.63 bits per heavy atom. The monoisotopic (exact) mass is 282 g/mol. The van der Waals surface area contributed by atoms with Crippen LogP contribution in [0.4, 0.5) is 0 Å². The van der Waals surface area contributed by atoms with Crippen molar-refractivity contribution in [2.24, 2.45) is 19.9 Å². The highest BCUT2D eigenvalue weighted by molar-refractivity contribution is 6.31. The lowest BCUT2D eigenvalue weighted by molar-refractivity contribution is 0.511. The van der Waals surface area contributed by atoms with Crippen molar-refractivity contribution in [3.63, 3.8) is 0 Å². The summed E-state index contributed by atoms with van der Waals surface area (Å²) in [7, 11) is 3.77. The smallest absolute Gasteiger partial charge is 0.0850 e. The molecular formula is C12H19ClN6. The Morgan fingerprint density at radius 2 is 2.16 bits per heavy atom. The van der Waals surface area contributed by atoms with E-state index >= 15 is 0 Å². The number of hydrogen-bond acceptors (Lipinski definition) is 4. The van der Waals surface area contributed by atoms with Crippen LogP contribution in [0.5, 0.6) is 0 Å². The van der Waals surface area contributed by atoms with Crippen LogP contribution in [0.15, 0.2) is 12.3 Å². The summed E-state index contributed by atoms with van der Waals surface area (Å²) >= 11 is 6.35. The third-order valence-electron chi connectivity index (χ3n) is 3.19. The van der Waals surface area contributed by atoms with E-state index in [1.165, 1.54) is 0 Å². The van der Waals surface area contributed by atoms with Crippen LogP contribution in [-0.2, 0) is 26.9 Å². The molecule has 0 aliphatic carbocycles. The highest BCUT2D eigenvalue weighted by Gasteiger charge is 2.20. The second-order valence-electron chi connectivity index (χ2n) is 4.52. The number of hydrogen-bond donors (Lipinski definition) is 2. The minimum absolute atomic E-state index is 0.0844. The first-order chi connectivity index (χ1) is 9.06. The average molecular weight is 283 g/mol. The molecule has 3 N–H and O–H groups in total. The van der Waals surface area contributed by atoms with Gasteiger partial charge in [-0.15, -0.1) is 0 Å². The molecule has 0 aliphatic heterocycles. The van der Waals surface area contributed by atoms with Crippen molar-refractivity contribution in [3.05, 3.63) is 34.4 Å². The lowest BCUT2D eigenvalue weighted by atomic mass is 10.1. The van der Waals surface area contributed by atoms with Gasteiger partial charge in [0.05, 0.1) is 28.1 Å². The van der Waals surface area contributed by atoms with Crippen molar-refractivity contribution in [1.82, 2.24) is 25.0 Å². The molecule has 0 aliphatic rings. The summed E-state index contributed by atoms with van der Waals surface area (Å²) in [6, 6.07) is 1.86. The lowest BCUT2D eigenvalue weighted by Crippen LogP contribution is -2.30. The maximum absolute atomic E-state index is 6.35. The first kappa shape index (κ1) is 14.0. The Morgan fingerprint density at radius 1 is 1.42 bits per heavy atom. The number of nitrogens with zero attached hydrogens (tertiary/aromatic N) is 4. The Hall–Kier alpha value is -1.37. The first-order valence-corrected chi connectivity index (χ1v) is 6.60. The molecule has 2 aromatic rings. The van der Waals surface area contributed by atoms with Gasteiger partial charge in [0.15, 0.2) is 0 Å². The molecule has 1 unspecified atom stereocenters. The van der Waals surface area contributed by atoms with Gasteiger partial charge in [-0.1, -0.05) is 18.5 Å². The molecular weight excluding hydrogens is 264 g/mol. The zero-order valence-electron chi connectivity index (χ0n) is 11.4. The van der Waals surface area contributed by atoms with Crippen LogP contribution in [-0.4, -0.2) is 19.6 Å². The van der Waals surface area contributed by atoms with Crippen LogP contribution < -0.4 is 11.3 Å². The minimum atomic E-state index is -0.0844. The summed E-state index contributed by atoms with van der Waals surface area (Å²) in [6.45, 7) is 2.04. The number of aryl methyl sites for hydroxylation is 3. The average Bonchev–Trinajstić information content (AvgIpc) is 2.92. The van der Waals surface area contributed by atoms with E-state index in [0.717, 1.165) is 28.5 Å². The third-order valence-corrected chi connectivity index (χ3v) is 3.63. The Balaban J connectivity index is 2.26. The number of nitrogens with one attached hydrogen (secondary N) is 1. The highest BCUT2D eigenvalue weighted by Crippen LogP contribution is 2.25. The molecule has 2 aromatic heterocycles. The molecule has 0 fully saturated rings. The summed E-state index contributed by atoms with van der Waals surface area (Å²) in [5, 5.41) is 9.49. The lowest BCUT2D eigenvalue weighted by Gasteiger charge is -2.13. The summed E-state index contributed by atoms with van der Waals surface area (Å²) in [5.74, 6) is 5.63. The zero-order valence-corrected chi connectivity index (χ0v) is 12.1. The van der Waals surface area contributed by atoms with Crippen LogP contribution in [0.1, 0.15) is 30.0 Å². The molecule has 0 spiro atoms. The molecule has 0 radical (unpaired) electrons. The second-order valence-corrected chi connectivity index (χ2v) is 4.90. The van der Waals surface area contributed by atoms with Crippen LogP contribution in [0.2, 0.25) is 5.02 Å². The summed E-state index contributed by atoms with van der Waals surface area (Å²) < 4.78 is 3.57. The Kier molecular flexibility index (Phi) is 4.24. The molecule has 0 saturated carbocycles. The van der Waals surface area contributed by atoms with E-state index in [-0.39, 0.29) is 6.04 Å². The summed E-state index contributed by atoms with van der Waals surface area (Å²) in [4.78, 5) is 0. The molecule has 0 saturated heterocycles. The van der Waals surface area contributed by atoms with Gasteiger partial charge in [-0.05, 0) is 12.5 Å². The Labute approximate surface area is 117 Å². The van der Waals surface area contributed by atoms with E-state index in [1.54, 1.807) is 4.68 Å². The van der Waals surface area contributed by atoms with E-state index in [4.69, 9.17) is 17.4 Å². The van der Waals surface area contributed by atoms with Gasteiger partial charge in [0, 0.05) is 26.7 Å². The van der Waals surface area contributed by atoms with Crippen LogP contribution in [0, 0.1) is 0 Å². The summed E-state index contributed by atoms with van der Waals surface area (Å²) in [6.07, 6.45) is 3.36. The van der Waals surface area contributed by atoms with E-state index in [2.05, 4.69) is 15.6 Å². The van der Waals surface area contributed by atoms with Gasteiger partial charge >= 0.3 is 0 Å². The predicted octanol–water partition coefficient (Wildman–Crippen LogP) is 1.12. The second kappa shape index (κ2) is 5.73. The molecule has 0 aromatic carbocycles. The molecule has 6 nitrogen and oxygen atoms in total. The van der Waals surface area contributed by atoms with Crippen LogP contribution in [0.3, 0.4) is 0 Å². The minimum Gasteiger partial charge on any atom is -0.275 e. The molecule has 1 atom stereocenters. The summed E-state index contributed by atoms with van der Waals surface area (Å²) in [5.41, 5.74) is 5.55. The standard InChI is InChI=1S/C12H19ClN6/c1-4-8-12(13)11(19(3)17-8)7-10(15-14)9-5-6-18(2)16-9/h5-6,10,15H,4,7,14H2,1-3H3. The molecule has 19 heavy (non-hydrogen) atoms. The fourth-order valence-corrected chi connectivity index (χ4v) is 2.47. The van der Waals surface area contributed by atoms with Crippen molar-refractivity contribution in [1.29, 1.82) is 0 Å². The number of nitrogens with two attached hydrogens (primary N) is 1. The topological polar surface area (TPSA) is 73.7 Å². The van der Waals surface area contributed by atoms with Crippen LogP contribution >= 0.6 is 11.6 Å². The number of rotatable bonds is 5. The quantitative estimate of drug-likeness (QED) is 0.637. The van der Waals surface area contributed by atoms with Crippen molar-refractivity contribution in [2.75, 3.05) is 0 Å². The van der Waals surface area contributed by atoms with Gasteiger partial charge in [-0.2, -0.15) is 10.2 Å². The number of hydrazine groups is 1. The molecule has 0 bridgehead atoms. The van der Waals surface area contributed by atoms with Gasteiger partial charge in [0.1, 0.15) is 0 Å². The third kappa shape index (κ3) is 2.80. The van der Waals surface area contributed by atoms with Gasteiger partial charge in [-0.3, -0.25) is 20.6 Å². The largest absolute Gasteiger partial charge is 0.275 e. The first-order valence-electron chi connectivity index (χ1n) is 6.22. The molecule has 2 rings (SSSR count). The van der Waals surface area contributed by atoms with E-state index in [9.17, 15) is 0 Å². The van der Waals surface area contributed by atoms with E-state index in [1.807, 2.05) is 38.0 Å². The predicted molar refractivity (Wildman–Crippen MR) is 74.6 cm³/mol. The van der Waals surface area contributed by atoms with Crippen molar-refractivity contribution >= 4 is 11.6 Å². The van der Waals surface area contributed by atoms with Crippen LogP contribution in [0.25, 0.3) is 0 Å². The van der Waals surface area contributed by atoms with Crippen molar-refractivity contribution < 1.29 is 0 Å². The SMILES string of the molecule is CCc1nn(C)c(CC(NN)c2ccn(C)n2)c1Cl. The Bertz CT molecular complexity index is 559. The van der Waals surface area contributed by atoms with E-state index < -0.39 is 0 Å². The molecule has 2 heterocycles. The maximum Gasteiger partial charge on any atom is 0.0850 e. The van der Waals surface area contributed by atoms with Gasteiger partial charge in [0.25, 0.3) is 0 Å². The maximum atomic E-state index is 6.35. The van der Waals surface area contributed by atoms with Gasteiger partial charge in [-0.25, -0.2) is 0 Å².